The number of hydrogen-bond acceptors (Lipinski definition) is 3. The zero-order valence-corrected chi connectivity index (χ0v) is 11.3. The van der Waals surface area contributed by atoms with Gasteiger partial charge in [-0.05, 0) is 11.8 Å². The first-order chi connectivity index (χ1) is 9.41. The standard InChI is InChI=1S/C13H11F3N2OS/c1-20-12-17-10(13(14,15)16)7-11(19)18(12)8-9-5-3-2-4-6-9/h2-7H,8H2,1H3. The van der Waals surface area contributed by atoms with Gasteiger partial charge in [-0.2, -0.15) is 13.2 Å². The van der Waals surface area contributed by atoms with Crippen molar-refractivity contribution in [3.05, 3.63) is 58.0 Å². The van der Waals surface area contributed by atoms with Crippen molar-refractivity contribution >= 4 is 11.8 Å². The highest BCUT2D eigenvalue weighted by Gasteiger charge is 2.34. The van der Waals surface area contributed by atoms with Crippen LogP contribution < -0.4 is 5.56 Å². The van der Waals surface area contributed by atoms with Gasteiger partial charge in [0, 0.05) is 6.07 Å². The monoisotopic (exact) mass is 300 g/mol. The average molecular weight is 300 g/mol. The van der Waals surface area contributed by atoms with Gasteiger partial charge in [-0.15, -0.1) is 0 Å². The summed E-state index contributed by atoms with van der Waals surface area (Å²) < 4.78 is 39.1. The molecule has 1 heterocycles. The van der Waals surface area contributed by atoms with E-state index in [-0.39, 0.29) is 11.7 Å². The van der Waals surface area contributed by atoms with Crippen LogP contribution in [0.25, 0.3) is 0 Å². The summed E-state index contributed by atoms with van der Waals surface area (Å²) >= 11 is 1.01. The summed E-state index contributed by atoms with van der Waals surface area (Å²) in [5.74, 6) is 0. The normalized spacial score (nSPS) is 11.6. The van der Waals surface area contributed by atoms with E-state index in [4.69, 9.17) is 0 Å². The lowest BCUT2D eigenvalue weighted by Crippen LogP contribution is -2.26. The Morgan fingerprint density at radius 3 is 2.45 bits per heavy atom. The Labute approximate surface area is 117 Å². The van der Waals surface area contributed by atoms with Crippen molar-refractivity contribution in [1.82, 2.24) is 9.55 Å². The molecule has 0 fully saturated rings. The summed E-state index contributed by atoms with van der Waals surface area (Å²) in [6.45, 7) is 0.195. The molecule has 20 heavy (non-hydrogen) atoms. The van der Waals surface area contributed by atoms with Gasteiger partial charge in [0.15, 0.2) is 10.9 Å². The van der Waals surface area contributed by atoms with E-state index in [0.29, 0.717) is 6.07 Å². The number of benzene rings is 1. The third-order valence-corrected chi connectivity index (χ3v) is 3.31. The summed E-state index contributed by atoms with van der Waals surface area (Å²) in [4.78, 5) is 15.4. The highest BCUT2D eigenvalue weighted by molar-refractivity contribution is 7.98. The molecular weight excluding hydrogens is 289 g/mol. The number of halogens is 3. The van der Waals surface area contributed by atoms with Gasteiger partial charge >= 0.3 is 6.18 Å². The maximum atomic E-state index is 12.6. The Morgan fingerprint density at radius 1 is 1.25 bits per heavy atom. The summed E-state index contributed by atoms with van der Waals surface area (Å²) in [6.07, 6.45) is -3.03. The molecule has 0 saturated carbocycles. The van der Waals surface area contributed by atoms with Gasteiger partial charge in [-0.1, -0.05) is 42.1 Å². The minimum atomic E-state index is -4.62. The average Bonchev–Trinajstić information content (AvgIpc) is 2.40. The second kappa shape index (κ2) is 5.70. The fraction of sp³-hybridized carbons (Fsp3) is 0.231. The summed E-state index contributed by atoms with van der Waals surface area (Å²) in [6, 6.07) is 9.56. The molecule has 0 aliphatic heterocycles. The van der Waals surface area contributed by atoms with Gasteiger partial charge in [0.2, 0.25) is 0 Å². The summed E-state index contributed by atoms with van der Waals surface area (Å²) in [7, 11) is 0. The van der Waals surface area contributed by atoms with Crippen molar-refractivity contribution in [2.75, 3.05) is 6.26 Å². The number of alkyl halides is 3. The van der Waals surface area contributed by atoms with Crippen LogP contribution in [-0.4, -0.2) is 15.8 Å². The van der Waals surface area contributed by atoms with E-state index in [9.17, 15) is 18.0 Å². The lowest BCUT2D eigenvalue weighted by atomic mass is 10.2. The molecule has 2 aromatic rings. The van der Waals surface area contributed by atoms with Crippen LogP contribution in [0.3, 0.4) is 0 Å². The Morgan fingerprint density at radius 2 is 1.90 bits per heavy atom. The Balaban J connectivity index is 2.46. The van der Waals surface area contributed by atoms with Gasteiger partial charge in [0.05, 0.1) is 6.54 Å². The maximum Gasteiger partial charge on any atom is 0.433 e. The first kappa shape index (κ1) is 14.6. The highest BCUT2D eigenvalue weighted by atomic mass is 32.2. The van der Waals surface area contributed by atoms with Crippen molar-refractivity contribution < 1.29 is 13.2 Å². The van der Waals surface area contributed by atoms with Crippen molar-refractivity contribution in [3.63, 3.8) is 0 Å². The molecule has 7 heteroatoms. The van der Waals surface area contributed by atoms with E-state index in [1.54, 1.807) is 30.5 Å². The third-order valence-electron chi connectivity index (χ3n) is 2.63. The molecule has 0 saturated heterocycles. The molecule has 0 aliphatic rings. The van der Waals surface area contributed by atoms with E-state index in [2.05, 4.69) is 4.98 Å². The smallest absolute Gasteiger partial charge is 0.283 e. The van der Waals surface area contributed by atoms with E-state index in [1.807, 2.05) is 6.07 Å². The topological polar surface area (TPSA) is 34.9 Å². The molecule has 0 unspecified atom stereocenters. The van der Waals surface area contributed by atoms with Gasteiger partial charge in [-0.3, -0.25) is 9.36 Å². The van der Waals surface area contributed by atoms with Crippen LogP contribution in [0.15, 0.2) is 46.3 Å². The molecule has 0 bridgehead atoms. The van der Waals surface area contributed by atoms with Crippen LogP contribution in [0.5, 0.6) is 0 Å². The maximum absolute atomic E-state index is 12.6. The third kappa shape index (κ3) is 3.22. The minimum absolute atomic E-state index is 0.0497. The molecule has 0 amide bonds. The fourth-order valence-electron chi connectivity index (χ4n) is 1.70. The molecule has 2 rings (SSSR count). The quantitative estimate of drug-likeness (QED) is 0.645. The van der Waals surface area contributed by atoms with Crippen molar-refractivity contribution in [2.45, 2.75) is 17.9 Å². The second-order valence-corrected chi connectivity index (χ2v) is 4.81. The fourth-order valence-corrected chi connectivity index (χ4v) is 2.26. The van der Waals surface area contributed by atoms with Crippen LogP contribution in [0.2, 0.25) is 0 Å². The zero-order valence-electron chi connectivity index (χ0n) is 10.5. The zero-order chi connectivity index (χ0) is 14.8. The van der Waals surface area contributed by atoms with Crippen LogP contribution in [-0.2, 0) is 12.7 Å². The molecule has 0 spiro atoms. The molecule has 106 valence electrons. The van der Waals surface area contributed by atoms with Crippen LogP contribution in [0.1, 0.15) is 11.3 Å². The molecule has 0 N–H and O–H groups in total. The second-order valence-electron chi connectivity index (χ2n) is 4.04. The van der Waals surface area contributed by atoms with Crippen LogP contribution in [0, 0.1) is 0 Å². The number of nitrogens with zero attached hydrogens (tertiary/aromatic N) is 2. The molecule has 1 aromatic carbocycles. The highest BCUT2D eigenvalue weighted by Crippen LogP contribution is 2.27. The van der Waals surface area contributed by atoms with Crippen molar-refractivity contribution in [3.8, 4) is 0 Å². The van der Waals surface area contributed by atoms with Crippen LogP contribution >= 0.6 is 11.8 Å². The summed E-state index contributed by atoms with van der Waals surface area (Å²) in [5, 5.41) is 0.0497. The Bertz CT molecular complexity index is 653. The number of rotatable bonds is 3. The van der Waals surface area contributed by atoms with Gasteiger partial charge < -0.3 is 0 Å². The van der Waals surface area contributed by atoms with E-state index in [0.717, 1.165) is 17.3 Å². The summed E-state index contributed by atoms with van der Waals surface area (Å²) in [5.41, 5.74) is -1.04. The molecule has 3 nitrogen and oxygen atoms in total. The van der Waals surface area contributed by atoms with Crippen molar-refractivity contribution in [2.24, 2.45) is 0 Å². The Hall–Kier alpha value is -1.76. The minimum Gasteiger partial charge on any atom is -0.283 e. The molecule has 0 aliphatic carbocycles. The van der Waals surface area contributed by atoms with Gasteiger partial charge in [0.25, 0.3) is 5.56 Å². The first-order valence-electron chi connectivity index (χ1n) is 5.69. The van der Waals surface area contributed by atoms with E-state index >= 15 is 0 Å². The number of thioether (sulfide) groups is 1. The van der Waals surface area contributed by atoms with Crippen molar-refractivity contribution in [1.29, 1.82) is 0 Å². The number of hydrogen-bond donors (Lipinski definition) is 0. The van der Waals surface area contributed by atoms with E-state index < -0.39 is 17.4 Å². The molecule has 0 radical (unpaired) electrons. The SMILES string of the molecule is CSc1nc(C(F)(F)F)cc(=O)n1Cc1ccccc1. The van der Waals surface area contributed by atoms with Crippen LogP contribution in [0.4, 0.5) is 13.2 Å². The largest absolute Gasteiger partial charge is 0.433 e. The van der Waals surface area contributed by atoms with Gasteiger partial charge in [-0.25, -0.2) is 4.98 Å². The molecule has 1 aromatic heterocycles. The molecule has 0 atom stereocenters. The number of aromatic nitrogens is 2. The predicted octanol–water partition coefficient (Wildman–Crippen LogP) is 3.03. The lowest BCUT2D eigenvalue weighted by molar-refractivity contribution is -0.141. The predicted molar refractivity (Wildman–Crippen MR) is 70.8 cm³/mol. The first-order valence-corrected chi connectivity index (χ1v) is 6.91. The van der Waals surface area contributed by atoms with E-state index in [1.165, 1.54) is 4.57 Å². The lowest BCUT2D eigenvalue weighted by Gasteiger charge is -2.13. The molecular formula is C13H11F3N2OS. The Kier molecular flexibility index (Phi) is 4.17. The van der Waals surface area contributed by atoms with Gasteiger partial charge in [0.1, 0.15) is 0 Å².